The summed E-state index contributed by atoms with van der Waals surface area (Å²) in [5.41, 5.74) is 3.47. The summed E-state index contributed by atoms with van der Waals surface area (Å²) < 4.78 is 2.03. The summed E-state index contributed by atoms with van der Waals surface area (Å²) in [6, 6.07) is 21.6. The van der Waals surface area contributed by atoms with Gasteiger partial charge in [-0.25, -0.2) is 0 Å². The highest BCUT2D eigenvalue weighted by atomic mass is 35.5. The van der Waals surface area contributed by atoms with E-state index in [1.807, 2.05) is 71.6 Å². The summed E-state index contributed by atoms with van der Waals surface area (Å²) in [6.07, 6.45) is 5.84. The van der Waals surface area contributed by atoms with Crippen molar-refractivity contribution >= 4 is 23.3 Å². The van der Waals surface area contributed by atoms with Gasteiger partial charge in [0.1, 0.15) is 0 Å². The van der Waals surface area contributed by atoms with E-state index in [0.717, 1.165) is 16.8 Å². The molecule has 1 heterocycles. The minimum absolute atomic E-state index is 0.591. The minimum atomic E-state index is 0.591. The van der Waals surface area contributed by atoms with Crippen LogP contribution in [0, 0.1) is 11.3 Å². The first-order valence-corrected chi connectivity index (χ1v) is 7.25. The lowest BCUT2D eigenvalue weighted by Gasteiger charge is -2.01. The van der Waals surface area contributed by atoms with Gasteiger partial charge in [-0.1, -0.05) is 41.9 Å². The van der Waals surface area contributed by atoms with Crippen LogP contribution in [0.15, 0.2) is 73.1 Å². The highest BCUT2D eigenvalue weighted by molar-refractivity contribution is 6.30. The highest BCUT2D eigenvalue weighted by Gasteiger charge is 2.03. The van der Waals surface area contributed by atoms with Gasteiger partial charge in [0.05, 0.1) is 11.6 Å². The number of benzene rings is 2. The van der Waals surface area contributed by atoms with E-state index in [2.05, 4.69) is 6.07 Å². The molecule has 0 aliphatic carbocycles. The normalized spacial score (nSPS) is 11.2. The first-order valence-electron chi connectivity index (χ1n) is 6.87. The van der Waals surface area contributed by atoms with Crippen LogP contribution in [0.25, 0.3) is 17.3 Å². The van der Waals surface area contributed by atoms with Crippen molar-refractivity contribution < 1.29 is 0 Å². The molecule has 0 aliphatic heterocycles. The molecule has 3 rings (SSSR count). The molecule has 3 heteroatoms. The molecule has 0 radical (unpaired) electrons. The van der Waals surface area contributed by atoms with Gasteiger partial charge in [-0.2, -0.15) is 5.26 Å². The van der Waals surface area contributed by atoms with Gasteiger partial charge in [-0.05, 0) is 47.5 Å². The molecule has 0 bridgehead atoms. The van der Waals surface area contributed by atoms with Crippen LogP contribution in [-0.4, -0.2) is 4.57 Å². The van der Waals surface area contributed by atoms with Gasteiger partial charge in [0, 0.05) is 23.1 Å². The third kappa shape index (κ3) is 3.11. The van der Waals surface area contributed by atoms with Crippen LogP contribution >= 0.6 is 11.6 Å². The molecular formula is C19H13ClN2. The van der Waals surface area contributed by atoms with E-state index in [1.165, 1.54) is 0 Å². The van der Waals surface area contributed by atoms with Crippen molar-refractivity contribution in [2.75, 3.05) is 0 Å². The average Bonchev–Trinajstić information content (AvgIpc) is 3.02. The molecule has 0 spiro atoms. The van der Waals surface area contributed by atoms with Crippen LogP contribution in [0.2, 0.25) is 5.02 Å². The third-order valence-corrected chi connectivity index (χ3v) is 3.57. The molecule has 22 heavy (non-hydrogen) atoms. The Morgan fingerprint density at radius 3 is 2.59 bits per heavy atom. The Morgan fingerprint density at radius 1 is 1.05 bits per heavy atom. The zero-order valence-corrected chi connectivity index (χ0v) is 12.5. The molecule has 0 amide bonds. The Hall–Kier alpha value is -2.76. The maximum Gasteiger partial charge on any atom is 0.0998 e. The maximum absolute atomic E-state index is 9.39. The van der Waals surface area contributed by atoms with E-state index in [-0.39, 0.29) is 0 Å². The Labute approximate surface area is 134 Å². The molecule has 0 aliphatic rings. The number of para-hydroxylation sites is 1. The van der Waals surface area contributed by atoms with Gasteiger partial charge in [0.15, 0.2) is 0 Å². The molecule has 0 unspecified atom stereocenters. The number of halogens is 1. The average molecular weight is 305 g/mol. The van der Waals surface area contributed by atoms with E-state index in [9.17, 15) is 5.26 Å². The summed E-state index contributed by atoms with van der Waals surface area (Å²) in [6.45, 7) is 0. The van der Waals surface area contributed by atoms with Gasteiger partial charge in [-0.15, -0.1) is 0 Å². The molecule has 0 atom stereocenters. The van der Waals surface area contributed by atoms with E-state index in [4.69, 9.17) is 11.6 Å². The second-order valence-corrected chi connectivity index (χ2v) is 5.30. The van der Waals surface area contributed by atoms with Gasteiger partial charge in [-0.3, -0.25) is 0 Å². The quantitative estimate of drug-likeness (QED) is 0.612. The predicted molar refractivity (Wildman–Crippen MR) is 90.7 cm³/mol. The van der Waals surface area contributed by atoms with Crippen molar-refractivity contribution in [1.29, 1.82) is 5.26 Å². The predicted octanol–water partition coefficient (Wildman–Crippen LogP) is 5.19. The Kier molecular flexibility index (Phi) is 4.09. The van der Waals surface area contributed by atoms with Crippen molar-refractivity contribution in [2.45, 2.75) is 0 Å². The molecule has 0 saturated carbocycles. The topological polar surface area (TPSA) is 28.7 Å². The van der Waals surface area contributed by atoms with Crippen LogP contribution in [0.4, 0.5) is 0 Å². The number of nitrogens with zero attached hydrogens (tertiary/aromatic N) is 2. The van der Waals surface area contributed by atoms with Crippen molar-refractivity contribution in [3.63, 3.8) is 0 Å². The van der Waals surface area contributed by atoms with Gasteiger partial charge < -0.3 is 4.57 Å². The lowest BCUT2D eigenvalue weighted by Crippen LogP contribution is -1.87. The summed E-state index contributed by atoms with van der Waals surface area (Å²) in [4.78, 5) is 0. The van der Waals surface area contributed by atoms with Gasteiger partial charge in [0.25, 0.3) is 0 Å². The van der Waals surface area contributed by atoms with Gasteiger partial charge in [0.2, 0.25) is 0 Å². The third-order valence-electron chi connectivity index (χ3n) is 3.34. The van der Waals surface area contributed by atoms with E-state index >= 15 is 0 Å². The zero-order valence-electron chi connectivity index (χ0n) is 11.8. The largest absolute Gasteiger partial charge is 0.323 e. The standard InChI is InChI=1S/C19H13ClN2/c20-18-6-4-5-16(12-18)17(13-21)11-15-9-10-22(14-15)19-7-2-1-3-8-19/h1-12,14H/b17-11+. The van der Waals surface area contributed by atoms with Gasteiger partial charge >= 0.3 is 0 Å². The number of hydrogen-bond acceptors (Lipinski definition) is 1. The van der Waals surface area contributed by atoms with Crippen molar-refractivity contribution in [1.82, 2.24) is 4.57 Å². The molecule has 0 fully saturated rings. The second kappa shape index (κ2) is 6.34. The lowest BCUT2D eigenvalue weighted by molar-refractivity contribution is 1.08. The molecule has 106 valence electrons. The first kappa shape index (κ1) is 14.2. The molecule has 2 nitrogen and oxygen atoms in total. The molecule has 3 aromatic rings. The van der Waals surface area contributed by atoms with Crippen molar-refractivity contribution in [3.05, 3.63) is 89.2 Å². The number of hydrogen-bond donors (Lipinski definition) is 0. The Balaban J connectivity index is 1.94. The summed E-state index contributed by atoms with van der Waals surface area (Å²) in [5, 5.41) is 10.0. The molecule has 1 aromatic heterocycles. The Morgan fingerprint density at radius 2 is 1.86 bits per heavy atom. The van der Waals surface area contributed by atoms with E-state index in [1.54, 1.807) is 12.1 Å². The SMILES string of the molecule is N#C/C(=C\c1ccn(-c2ccccc2)c1)c1cccc(Cl)c1. The molecule has 2 aromatic carbocycles. The van der Waals surface area contributed by atoms with Crippen molar-refractivity contribution in [2.24, 2.45) is 0 Å². The number of nitriles is 1. The number of rotatable bonds is 3. The van der Waals surface area contributed by atoms with Crippen LogP contribution in [-0.2, 0) is 0 Å². The van der Waals surface area contributed by atoms with E-state index < -0.39 is 0 Å². The maximum atomic E-state index is 9.39. The lowest BCUT2D eigenvalue weighted by atomic mass is 10.1. The fraction of sp³-hybridized carbons (Fsp3) is 0. The monoisotopic (exact) mass is 304 g/mol. The number of aromatic nitrogens is 1. The summed E-state index contributed by atoms with van der Waals surface area (Å²) in [5.74, 6) is 0. The van der Waals surface area contributed by atoms with Crippen LogP contribution in [0.5, 0.6) is 0 Å². The fourth-order valence-electron chi connectivity index (χ4n) is 2.26. The first-order chi connectivity index (χ1) is 10.8. The summed E-state index contributed by atoms with van der Waals surface area (Å²) in [7, 11) is 0. The zero-order chi connectivity index (χ0) is 15.4. The van der Waals surface area contributed by atoms with Crippen LogP contribution in [0.1, 0.15) is 11.1 Å². The fourth-order valence-corrected chi connectivity index (χ4v) is 2.45. The minimum Gasteiger partial charge on any atom is -0.323 e. The molecular weight excluding hydrogens is 292 g/mol. The Bertz CT molecular complexity index is 854. The molecule has 0 saturated heterocycles. The number of allylic oxidation sites excluding steroid dienone is 1. The molecule has 0 N–H and O–H groups in total. The smallest absolute Gasteiger partial charge is 0.0998 e. The van der Waals surface area contributed by atoms with Crippen LogP contribution < -0.4 is 0 Å². The van der Waals surface area contributed by atoms with Crippen LogP contribution in [0.3, 0.4) is 0 Å². The summed E-state index contributed by atoms with van der Waals surface area (Å²) >= 11 is 5.99. The highest BCUT2D eigenvalue weighted by Crippen LogP contribution is 2.21. The second-order valence-electron chi connectivity index (χ2n) is 4.87. The van der Waals surface area contributed by atoms with Crippen molar-refractivity contribution in [3.8, 4) is 11.8 Å². The van der Waals surface area contributed by atoms with E-state index in [0.29, 0.717) is 10.6 Å².